The topological polar surface area (TPSA) is 118 Å². The van der Waals surface area contributed by atoms with Crippen LogP contribution in [0.1, 0.15) is 21.6 Å². The Kier molecular flexibility index (Phi) is 5.91. The second-order valence-corrected chi connectivity index (χ2v) is 7.48. The van der Waals surface area contributed by atoms with Crippen molar-refractivity contribution in [3.05, 3.63) is 63.8 Å². The molecule has 0 spiro atoms. The van der Waals surface area contributed by atoms with Gasteiger partial charge in [0.1, 0.15) is 5.69 Å². The summed E-state index contributed by atoms with van der Waals surface area (Å²) in [5, 5.41) is 11.4. The molecule has 0 aliphatic carbocycles. The fraction of sp³-hybridized carbons (Fsp3) is 0.318. The van der Waals surface area contributed by atoms with Crippen LogP contribution in [-0.2, 0) is 13.0 Å². The maximum atomic E-state index is 12.1. The minimum atomic E-state index is -0.238. The average molecular weight is 417 g/mol. The van der Waals surface area contributed by atoms with Crippen LogP contribution in [-0.4, -0.2) is 59.0 Å². The first-order chi connectivity index (χ1) is 15.1. The molecule has 1 fully saturated rings. The SMILES string of the molecule is CNC(=O)c1ccc(N2CCN(Cc3cnc4cc(CC#N)c(=O)[nH]c4c3)CC2)cn1. The molecule has 1 aliphatic heterocycles. The zero-order chi connectivity index (χ0) is 21.8. The van der Waals surface area contributed by atoms with Gasteiger partial charge in [-0.1, -0.05) is 0 Å². The van der Waals surface area contributed by atoms with Gasteiger partial charge in [0.05, 0.1) is 35.4 Å². The molecule has 3 aromatic heterocycles. The Balaban J connectivity index is 1.39. The molecule has 0 radical (unpaired) electrons. The zero-order valence-corrected chi connectivity index (χ0v) is 17.3. The number of piperazine rings is 1. The standard InChI is InChI=1S/C22H23N7O2/c1-24-22(31)18-3-2-17(13-26-18)29-8-6-28(7-9-29)14-15-10-20-19(25-12-15)11-16(4-5-23)21(30)27-20/h2-3,10-13H,4,6-9,14H2,1H3,(H,24,31)(H,27,30). The fourth-order valence-corrected chi connectivity index (χ4v) is 3.73. The van der Waals surface area contributed by atoms with Gasteiger partial charge in [0.25, 0.3) is 11.5 Å². The average Bonchev–Trinajstić information content (AvgIpc) is 2.80. The van der Waals surface area contributed by atoms with Gasteiger partial charge in [-0.25, -0.2) is 4.98 Å². The summed E-state index contributed by atoms with van der Waals surface area (Å²) < 4.78 is 0. The number of nitrogens with zero attached hydrogens (tertiary/aromatic N) is 5. The molecule has 9 nitrogen and oxygen atoms in total. The summed E-state index contributed by atoms with van der Waals surface area (Å²) in [5.74, 6) is -0.192. The number of nitrogens with one attached hydrogen (secondary N) is 2. The summed E-state index contributed by atoms with van der Waals surface area (Å²) >= 11 is 0. The summed E-state index contributed by atoms with van der Waals surface area (Å²) in [6, 6.07) is 9.30. The second-order valence-electron chi connectivity index (χ2n) is 7.48. The number of aromatic nitrogens is 3. The summed E-state index contributed by atoms with van der Waals surface area (Å²) in [7, 11) is 1.59. The van der Waals surface area contributed by atoms with Gasteiger partial charge in [-0.15, -0.1) is 0 Å². The first-order valence-electron chi connectivity index (χ1n) is 10.1. The predicted molar refractivity (Wildman–Crippen MR) is 117 cm³/mol. The van der Waals surface area contributed by atoms with Crippen molar-refractivity contribution in [2.45, 2.75) is 13.0 Å². The van der Waals surface area contributed by atoms with E-state index in [1.54, 1.807) is 25.4 Å². The monoisotopic (exact) mass is 417 g/mol. The number of aromatic amines is 1. The number of anilines is 1. The minimum absolute atomic E-state index is 0.0725. The van der Waals surface area contributed by atoms with Gasteiger partial charge < -0.3 is 15.2 Å². The number of pyridine rings is 3. The molecule has 0 atom stereocenters. The van der Waals surface area contributed by atoms with E-state index in [0.717, 1.165) is 44.0 Å². The molecule has 2 N–H and O–H groups in total. The van der Waals surface area contributed by atoms with Gasteiger partial charge in [0.15, 0.2) is 0 Å². The fourth-order valence-electron chi connectivity index (χ4n) is 3.73. The molecule has 1 amide bonds. The van der Waals surface area contributed by atoms with Gasteiger partial charge in [0.2, 0.25) is 0 Å². The number of hydrogen-bond donors (Lipinski definition) is 2. The highest BCUT2D eigenvalue weighted by Crippen LogP contribution is 2.18. The zero-order valence-electron chi connectivity index (χ0n) is 17.3. The van der Waals surface area contributed by atoms with Gasteiger partial charge >= 0.3 is 0 Å². The van der Waals surface area contributed by atoms with E-state index >= 15 is 0 Å². The molecule has 31 heavy (non-hydrogen) atoms. The number of hydrogen-bond acceptors (Lipinski definition) is 7. The Morgan fingerprint density at radius 1 is 1.19 bits per heavy atom. The van der Waals surface area contributed by atoms with Crippen LogP contribution in [0.2, 0.25) is 0 Å². The Bertz CT molecular complexity index is 1190. The first kappa shape index (κ1) is 20.5. The number of H-pyrrole nitrogens is 1. The van der Waals surface area contributed by atoms with Crippen molar-refractivity contribution in [1.82, 2.24) is 25.2 Å². The lowest BCUT2D eigenvalue weighted by molar-refractivity contribution is 0.0958. The molecule has 1 saturated heterocycles. The van der Waals surface area contributed by atoms with Crippen LogP contribution in [0.3, 0.4) is 0 Å². The van der Waals surface area contributed by atoms with Crippen LogP contribution >= 0.6 is 0 Å². The summed E-state index contributed by atoms with van der Waals surface area (Å²) in [6.07, 6.45) is 3.64. The van der Waals surface area contributed by atoms with Crippen LogP contribution in [0.5, 0.6) is 0 Å². The summed E-state index contributed by atoms with van der Waals surface area (Å²) in [5.41, 5.74) is 4.01. The Morgan fingerprint density at radius 2 is 2.00 bits per heavy atom. The predicted octanol–water partition coefficient (Wildman–Crippen LogP) is 1.07. The molecular formula is C22H23N7O2. The molecule has 1 aliphatic rings. The normalized spacial score (nSPS) is 14.4. The third kappa shape index (κ3) is 4.54. The number of carbonyl (C=O) groups is 1. The van der Waals surface area contributed by atoms with Crippen molar-refractivity contribution in [1.29, 1.82) is 5.26 Å². The maximum absolute atomic E-state index is 12.1. The quantitative estimate of drug-likeness (QED) is 0.637. The number of carbonyl (C=O) groups excluding carboxylic acids is 1. The largest absolute Gasteiger partial charge is 0.368 e. The summed E-state index contributed by atoms with van der Waals surface area (Å²) in [6.45, 7) is 4.22. The van der Waals surface area contributed by atoms with Crippen LogP contribution in [0.4, 0.5) is 5.69 Å². The van der Waals surface area contributed by atoms with Gasteiger partial charge in [-0.3, -0.25) is 19.5 Å². The molecule has 0 saturated carbocycles. The highest BCUT2D eigenvalue weighted by molar-refractivity contribution is 5.92. The molecule has 0 unspecified atom stereocenters. The number of rotatable bonds is 5. The van der Waals surface area contributed by atoms with E-state index in [-0.39, 0.29) is 17.9 Å². The van der Waals surface area contributed by atoms with Crippen LogP contribution in [0.25, 0.3) is 11.0 Å². The van der Waals surface area contributed by atoms with E-state index in [4.69, 9.17) is 5.26 Å². The maximum Gasteiger partial charge on any atom is 0.269 e. The van der Waals surface area contributed by atoms with Crippen LogP contribution in [0.15, 0.2) is 41.5 Å². The van der Waals surface area contributed by atoms with Crippen molar-refractivity contribution < 1.29 is 4.79 Å². The number of amides is 1. The summed E-state index contributed by atoms with van der Waals surface area (Å²) in [4.78, 5) is 39.9. The van der Waals surface area contributed by atoms with Crippen molar-refractivity contribution in [2.75, 3.05) is 38.1 Å². The molecule has 158 valence electrons. The third-order valence-electron chi connectivity index (χ3n) is 5.45. The van der Waals surface area contributed by atoms with Crippen LogP contribution in [0, 0.1) is 11.3 Å². The van der Waals surface area contributed by atoms with E-state index in [1.165, 1.54) is 0 Å². The molecule has 3 aromatic rings. The van der Waals surface area contributed by atoms with E-state index in [1.807, 2.05) is 24.4 Å². The second kappa shape index (κ2) is 8.93. The van der Waals surface area contributed by atoms with Crippen molar-refractivity contribution >= 4 is 22.6 Å². The van der Waals surface area contributed by atoms with E-state index < -0.39 is 0 Å². The smallest absolute Gasteiger partial charge is 0.269 e. The van der Waals surface area contributed by atoms with Crippen LogP contribution < -0.4 is 15.8 Å². The van der Waals surface area contributed by atoms with Gasteiger partial charge in [-0.2, -0.15) is 5.26 Å². The molecule has 9 heteroatoms. The highest BCUT2D eigenvalue weighted by Gasteiger charge is 2.18. The minimum Gasteiger partial charge on any atom is -0.368 e. The van der Waals surface area contributed by atoms with Gasteiger partial charge in [0, 0.05) is 51.5 Å². The van der Waals surface area contributed by atoms with Crippen molar-refractivity contribution in [3.8, 4) is 6.07 Å². The number of fused-ring (bicyclic) bond motifs is 1. The number of nitriles is 1. The van der Waals surface area contributed by atoms with Gasteiger partial charge in [-0.05, 0) is 29.8 Å². The molecular weight excluding hydrogens is 394 g/mol. The Labute approximate surface area is 179 Å². The molecule has 4 heterocycles. The lowest BCUT2D eigenvalue weighted by Gasteiger charge is -2.36. The first-order valence-corrected chi connectivity index (χ1v) is 10.1. The van der Waals surface area contributed by atoms with Crippen molar-refractivity contribution in [2.24, 2.45) is 0 Å². The van der Waals surface area contributed by atoms with E-state index in [9.17, 15) is 9.59 Å². The molecule has 4 rings (SSSR count). The molecule has 0 aromatic carbocycles. The lowest BCUT2D eigenvalue weighted by atomic mass is 10.1. The van der Waals surface area contributed by atoms with E-state index in [2.05, 4.69) is 30.1 Å². The Hall–Kier alpha value is -3.77. The van der Waals surface area contributed by atoms with Crippen molar-refractivity contribution in [3.63, 3.8) is 0 Å². The highest BCUT2D eigenvalue weighted by atomic mass is 16.1. The molecule has 0 bridgehead atoms. The lowest BCUT2D eigenvalue weighted by Crippen LogP contribution is -2.46. The third-order valence-corrected chi connectivity index (χ3v) is 5.45. The van der Waals surface area contributed by atoms with E-state index in [0.29, 0.717) is 22.3 Å². The Morgan fingerprint density at radius 3 is 2.68 bits per heavy atom.